The highest BCUT2D eigenvalue weighted by molar-refractivity contribution is 6.03. The van der Waals surface area contributed by atoms with E-state index in [0.717, 1.165) is 24.5 Å². The van der Waals surface area contributed by atoms with Crippen LogP contribution in [0.15, 0.2) is 39.7 Å². The maximum atomic E-state index is 13.2. The Kier molecular flexibility index (Phi) is 3.13. The summed E-state index contributed by atoms with van der Waals surface area (Å²) < 4.78 is 30.2. The molecule has 5 nitrogen and oxygen atoms in total. The summed E-state index contributed by atoms with van der Waals surface area (Å²) in [4.78, 5) is 25.2. The van der Waals surface area contributed by atoms with Crippen LogP contribution in [0.4, 0.5) is 14.5 Å². The number of aromatic nitrogens is 1. The number of hydrogen-bond acceptors (Lipinski definition) is 4. The zero-order chi connectivity index (χ0) is 13.1. The molecule has 0 fully saturated rings. The molecule has 0 spiro atoms. The van der Waals surface area contributed by atoms with E-state index in [9.17, 15) is 18.4 Å². The number of carbonyl (C=O) groups is 1. The van der Waals surface area contributed by atoms with Gasteiger partial charge in [0.25, 0.3) is 5.91 Å². The highest BCUT2D eigenvalue weighted by Crippen LogP contribution is 2.12. The number of hydrogen-bond donors (Lipinski definition) is 1. The summed E-state index contributed by atoms with van der Waals surface area (Å²) in [5.41, 5.74) is -0.855. The Morgan fingerprint density at radius 1 is 1.22 bits per heavy atom. The minimum atomic E-state index is -1.14. The molecule has 0 atom stereocenters. The van der Waals surface area contributed by atoms with Crippen molar-refractivity contribution in [3.8, 4) is 0 Å². The minimum Gasteiger partial charge on any atom is -0.430 e. The molecule has 7 heteroatoms. The molecule has 0 unspecified atom stereocenters. The lowest BCUT2D eigenvalue weighted by Crippen LogP contribution is -2.14. The zero-order valence-corrected chi connectivity index (χ0v) is 8.81. The van der Waals surface area contributed by atoms with Gasteiger partial charge in [-0.25, -0.2) is 4.79 Å². The Morgan fingerprint density at radius 3 is 2.61 bits per heavy atom. The molecule has 0 saturated carbocycles. The van der Waals surface area contributed by atoms with Gasteiger partial charge in [0.05, 0.1) is 11.3 Å². The molecular weight excluding hydrogens is 246 g/mol. The molecule has 2 aromatic rings. The summed E-state index contributed by atoms with van der Waals surface area (Å²) in [7, 11) is 0. The van der Waals surface area contributed by atoms with Gasteiger partial charge in [-0.05, 0) is 18.2 Å². The van der Waals surface area contributed by atoms with Crippen LogP contribution in [0.2, 0.25) is 0 Å². The lowest BCUT2D eigenvalue weighted by atomic mass is 10.3. The van der Waals surface area contributed by atoms with Gasteiger partial charge < -0.3 is 9.73 Å². The number of amides is 1. The summed E-state index contributed by atoms with van der Waals surface area (Å²) in [6.45, 7) is 0. The van der Waals surface area contributed by atoms with Crippen LogP contribution >= 0.6 is 0 Å². The fraction of sp³-hybridized carbons (Fsp3) is 0. The molecule has 0 aliphatic rings. The molecule has 0 aliphatic heterocycles. The zero-order valence-electron chi connectivity index (χ0n) is 8.81. The first-order valence-electron chi connectivity index (χ1n) is 4.78. The van der Waals surface area contributed by atoms with E-state index >= 15 is 0 Å². The van der Waals surface area contributed by atoms with Gasteiger partial charge in [0.2, 0.25) is 11.9 Å². The Morgan fingerprint density at radius 2 is 2.00 bits per heavy atom. The summed E-state index contributed by atoms with van der Waals surface area (Å²) in [6, 6.07) is 4.21. The van der Waals surface area contributed by atoms with E-state index in [-0.39, 0.29) is 11.3 Å². The van der Waals surface area contributed by atoms with E-state index < -0.39 is 23.4 Å². The molecular formula is C11H6F2N2O3. The third-order valence-corrected chi connectivity index (χ3v) is 2.03. The van der Waals surface area contributed by atoms with Crippen LogP contribution in [0.25, 0.3) is 0 Å². The third-order valence-electron chi connectivity index (χ3n) is 2.03. The normalized spacial score (nSPS) is 10.1. The van der Waals surface area contributed by atoms with Crippen molar-refractivity contribution >= 4 is 11.6 Å². The number of carbonyl (C=O) groups excluding carboxylic acids is 1. The van der Waals surface area contributed by atoms with Gasteiger partial charge in [-0.15, -0.1) is 0 Å². The second-order valence-corrected chi connectivity index (χ2v) is 3.27. The van der Waals surface area contributed by atoms with Crippen molar-refractivity contribution in [2.75, 3.05) is 5.32 Å². The van der Waals surface area contributed by atoms with Crippen LogP contribution in [-0.4, -0.2) is 10.9 Å². The van der Waals surface area contributed by atoms with E-state index in [1.54, 1.807) is 0 Å². The molecule has 92 valence electrons. The minimum absolute atomic E-state index is 0.0262. The van der Waals surface area contributed by atoms with E-state index in [0.29, 0.717) is 0 Å². The highest BCUT2D eigenvalue weighted by atomic mass is 19.1. The highest BCUT2D eigenvalue weighted by Gasteiger charge is 2.11. The van der Waals surface area contributed by atoms with Crippen molar-refractivity contribution in [1.29, 1.82) is 0 Å². The summed E-state index contributed by atoms with van der Waals surface area (Å²) in [5.74, 6) is -2.83. The van der Waals surface area contributed by atoms with Crippen LogP contribution in [0.3, 0.4) is 0 Å². The Hall–Kier alpha value is -2.57. The molecule has 0 aliphatic carbocycles. The number of halogens is 2. The fourth-order valence-corrected chi connectivity index (χ4v) is 1.19. The molecule has 2 aromatic heterocycles. The average Bonchev–Trinajstić information content (AvgIpc) is 2.33. The third kappa shape index (κ3) is 2.57. The van der Waals surface area contributed by atoms with Crippen molar-refractivity contribution in [3.05, 3.63) is 58.4 Å². The molecule has 18 heavy (non-hydrogen) atoms. The predicted molar refractivity (Wildman–Crippen MR) is 57.1 cm³/mol. The number of pyridine rings is 1. The van der Waals surface area contributed by atoms with Crippen molar-refractivity contribution in [3.63, 3.8) is 0 Å². The van der Waals surface area contributed by atoms with E-state index in [4.69, 9.17) is 0 Å². The largest absolute Gasteiger partial charge is 0.430 e. The maximum Gasteiger partial charge on any atom is 0.335 e. The van der Waals surface area contributed by atoms with Crippen LogP contribution < -0.4 is 10.9 Å². The second kappa shape index (κ2) is 4.74. The SMILES string of the molecule is O=C(Nc1ccc(F)nc1F)c1ccc(=O)oc1. The molecule has 0 bridgehead atoms. The number of rotatable bonds is 2. The Labute approximate surface area is 99.1 Å². The molecule has 2 rings (SSSR count). The molecule has 1 amide bonds. The fourth-order valence-electron chi connectivity index (χ4n) is 1.19. The first-order chi connectivity index (χ1) is 8.56. The molecule has 0 radical (unpaired) electrons. The smallest absolute Gasteiger partial charge is 0.335 e. The first kappa shape index (κ1) is 11.9. The van der Waals surface area contributed by atoms with E-state index in [1.165, 1.54) is 6.07 Å². The topological polar surface area (TPSA) is 72.2 Å². The van der Waals surface area contributed by atoms with Gasteiger partial charge in [0.1, 0.15) is 6.26 Å². The quantitative estimate of drug-likeness (QED) is 0.823. The standard InChI is InChI=1S/C11H6F2N2O3/c12-8-3-2-7(10(13)15-8)14-11(17)6-1-4-9(16)18-5-6/h1-5H,(H,14,17). The van der Waals surface area contributed by atoms with Crippen LogP contribution in [0.1, 0.15) is 10.4 Å². The van der Waals surface area contributed by atoms with Gasteiger partial charge in [0, 0.05) is 6.07 Å². The van der Waals surface area contributed by atoms with Crippen molar-refractivity contribution in [2.24, 2.45) is 0 Å². The molecule has 0 saturated heterocycles. The van der Waals surface area contributed by atoms with Crippen molar-refractivity contribution in [1.82, 2.24) is 4.98 Å². The monoisotopic (exact) mass is 252 g/mol. The summed E-state index contributed by atoms with van der Waals surface area (Å²) >= 11 is 0. The number of anilines is 1. The van der Waals surface area contributed by atoms with Gasteiger partial charge >= 0.3 is 5.63 Å². The molecule has 2 heterocycles. The average molecular weight is 252 g/mol. The van der Waals surface area contributed by atoms with E-state index in [1.807, 2.05) is 0 Å². The van der Waals surface area contributed by atoms with E-state index in [2.05, 4.69) is 14.7 Å². The van der Waals surface area contributed by atoms with Gasteiger partial charge in [0.15, 0.2) is 0 Å². The van der Waals surface area contributed by atoms with Crippen LogP contribution in [0.5, 0.6) is 0 Å². The Balaban J connectivity index is 2.21. The molecule has 1 N–H and O–H groups in total. The van der Waals surface area contributed by atoms with Crippen LogP contribution in [0, 0.1) is 11.9 Å². The van der Waals surface area contributed by atoms with Crippen molar-refractivity contribution in [2.45, 2.75) is 0 Å². The van der Waals surface area contributed by atoms with Crippen molar-refractivity contribution < 1.29 is 18.0 Å². The summed E-state index contributed by atoms with van der Waals surface area (Å²) in [6.07, 6.45) is 0.937. The second-order valence-electron chi connectivity index (χ2n) is 3.27. The predicted octanol–water partition coefficient (Wildman–Crippen LogP) is 1.57. The van der Waals surface area contributed by atoms with Gasteiger partial charge in [-0.1, -0.05) is 0 Å². The number of nitrogens with one attached hydrogen (secondary N) is 1. The van der Waals surface area contributed by atoms with Gasteiger partial charge in [-0.3, -0.25) is 4.79 Å². The van der Waals surface area contributed by atoms with Crippen LogP contribution in [-0.2, 0) is 0 Å². The van der Waals surface area contributed by atoms with Gasteiger partial charge in [-0.2, -0.15) is 13.8 Å². The number of nitrogens with zero attached hydrogens (tertiary/aromatic N) is 1. The summed E-state index contributed by atoms with van der Waals surface area (Å²) in [5, 5.41) is 2.17. The lowest BCUT2D eigenvalue weighted by molar-refractivity contribution is 0.102. The lowest BCUT2D eigenvalue weighted by Gasteiger charge is -2.04. The Bertz CT molecular complexity index is 634. The first-order valence-corrected chi connectivity index (χ1v) is 4.78. The maximum absolute atomic E-state index is 13.2. The molecule has 0 aromatic carbocycles.